The normalized spacial score (nSPS) is 7.41. The first-order chi connectivity index (χ1) is 14.4. The summed E-state index contributed by atoms with van der Waals surface area (Å²) in [5.74, 6) is 0. The average Bonchev–Trinajstić information content (AvgIpc) is 2.87. The average molecular weight is 635 g/mol. The minimum absolute atomic E-state index is 0. The van der Waals surface area contributed by atoms with Gasteiger partial charge >= 0.3 is 0 Å². The van der Waals surface area contributed by atoms with Crippen molar-refractivity contribution in [1.29, 1.82) is 0 Å². The van der Waals surface area contributed by atoms with Crippen molar-refractivity contribution in [2.45, 2.75) is 166 Å². The van der Waals surface area contributed by atoms with Crippen LogP contribution in [0.1, 0.15) is 166 Å². The highest BCUT2D eigenvalue weighted by molar-refractivity contribution is 9.09. The van der Waals surface area contributed by atoms with Crippen LogP contribution in [0.5, 0.6) is 0 Å². The van der Waals surface area contributed by atoms with Gasteiger partial charge in [-0.3, -0.25) is 0 Å². The smallest absolute Gasteiger partial charge is 0.0500 e. The molecule has 0 atom stereocenters. The molecule has 0 aliphatic rings. The van der Waals surface area contributed by atoms with Crippen LogP contribution in [0.2, 0.25) is 0 Å². The SMILES string of the molecule is C.C.C.C.CC.CC.CC.CC.CC.CC.CC(CO)(CBr)CBr.CCCC(C)(CO)CCC. The van der Waals surface area contributed by atoms with Gasteiger partial charge in [0.05, 0.1) is 6.61 Å². The lowest BCUT2D eigenvalue weighted by molar-refractivity contribution is 0.121. The summed E-state index contributed by atoms with van der Waals surface area (Å²) in [6.07, 6.45) is 4.66. The maximum Gasteiger partial charge on any atom is 0.0500 e. The van der Waals surface area contributed by atoms with Gasteiger partial charge in [-0.15, -0.1) is 0 Å². The molecule has 0 aromatic rings. The van der Waals surface area contributed by atoms with Gasteiger partial charge in [-0.25, -0.2) is 0 Å². The molecular formula is C30H82Br2O2. The zero-order valence-corrected chi connectivity index (χ0v) is 27.5. The van der Waals surface area contributed by atoms with Crippen LogP contribution in [0.3, 0.4) is 0 Å². The second kappa shape index (κ2) is 84.0. The number of alkyl halides is 2. The Balaban J connectivity index is -0.0000000183. The molecule has 0 radical (unpaired) electrons. The molecule has 0 bridgehead atoms. The molecule has 0 spiro atoms. The molecule has 0 aromatic heterocycles. The van der Waals surface area contributed by atoms with Crippen LogP contribution in [-0.4, -0.2) is 34.1 Å². The number of rotatable bonds is 8. The molecule has 228 valence electrons. The molecule has 0 aliphatic heterocycles. The van der Waals surface area contributed by atoms with Gasteiger partial charge in [0.2, 0.25) is 0 Å². The van der Waals surface area contributed by atoms with Gasteiger partial charge in [0.25, 0.3) is 0 Å². The number of aliphatic hydroxyl groups is 2. The molecule has 0 saturated heterocycles. The van der Waals surface area contributed by atoms with E-state index in [0.717, 1.165) is 23.5 Å². The largest absolute Gasteiger partial charge is 0.396 e. The maximum absolute atomic E-state index is 9.05. The fourth-order valence-electron chi connectivity index (χ4n) is 1.61. The minimum Gasteiger partial charge on any atom is -0.396 e. The van der Waals surface area contributed by atoms with Crippen molar-refractivity contribution in [2.75, 3.05) is 23.9 Å². The lowest BCUT2D eigenvalue weighted by Gasteiger charge is -2.25. The first-order valence-electron chi connectivity index (χ1n) is 12.7. The van der Waals surface area contributed by atoms with Crippen molar-refractivity contribution in [2.24, 2.45) is 10.8 Å². The Morgan fingerprint density at radius 3 is 0.706 bits per heavy atom. The van der Waals surface area contributed by atoms with Crippen LogP contribution >= 0.6 is 31.9 Å². The topological polar surface area (TPSA) is 40.5 Å². The van der Waals surface area contributed by atoms with Crippen LogP contribution < -0.4 is 0 Å². The van der Waals surface area contributed by atoms with Crippen LogP contribution in [0.25, 0.3) is 0 Å². The Hall–Kier alpha value is 0.880. The quantitative estimate of drug-likeness (QED) is 0.261. The van der Waals surface area contributed by atoms with Gasteiger partial charge in [-0.1, -0.05) is 185 Å². The summed E-state index contributed by atoms with van der Waals surface area (Å²) >= 11 is 6.60. The number of aliphatic hydroxyl groups excluding tert-OH is 2. The van der Waals surface area contributed by atoms with E-state index in [0.29, 0.717) is 6.61 Å². The second-order valence-corrected chi connectivity index (χ2v) is 6.83. The van der Waals surface area contributed by atoms with E-state index in [1.54, 1.807) is 0 Å². The standard InChI is InChI=1S/C9H20O.C5H10Br2O.6C2H6.4CH4/c1-4-6-9(3,8-10)7-5-2;1-5(2-6,3-7)4-8;6*1-2;;;;/h10H,4-8H2,1-3H3;8H,2-4H2,1H3;6*1-2H3;4*1H4. The summed E-state index contributed by atoms with van der Waals surface area (Å²) < 4.78 is 0. The fourth-order valence-corrected chi connectivity index (χ4v) is 2.89. The zero-order valence-electron chi connectivity index (χ0n) is 24.3. The van der Waals surface area contributed by atoms with Gasteiger partial charge in [-0.2, -0.15) is 0 Å². The summed E-state index contributed by atoms with van der Waals surface area (Å²) in [7, 11) is 0. The molecule has 2 N–H and O–H groups in total. The molecule has 0 saturated carbocycles. The minimum atomic E-state index is 0. The van der Waals surface area contributed by atoms with E-state index in [-0.39, 0.29) is 47.1 Å². The Bertz CT molecular complexity index is 172. The molecule has 0 heterocycles. The van der Waals surface area contributed by atoms with Gasteiger partial charge in [0, 0.05) is 22.7 Å². The fraction of sp³-hybridized carbons (Fsp3) is 1.00. The van der Waals surface area contributed by atoms with E-state index < -0.39 is 0 Å². The third kappa shape index (κ3) is 76.6. The van der Waals surface area contributed by atoms with E-state index in [1.165, 1.54) is 12.8 Å². The predicted molar refractivity (Wildman–Crippen MR) is 183 cm³/mol. The van der Waals surface area contributed by atoms with E-state index in [1.807, 2.05) is 90.0 Å². The molecule has 0 rings (SSSR count). The molecule has 0 unspecified atom stereocenters. The predicted octanol–water partition coefficient (Wildman–Crippen LogP) is 13.1. The van der Waals surface area contributed by atoms with E-state index in [2.05, 4.69) is 52.6 Å². The number of hydrogen-bond acceptors (Lipinski definition) is 2. The van der Waals surface area contributed by atoms with E-state index in [4.69, 9.17) is 10.2 Å². The van der Waals surface area contributed by atoms with Gasteiger partial charge in [-0.05, 0) is 18.3 Å². The Morgan fingerprint density at radius 1 is 0.471 bits per heavy atom. The maximum atomic E-state index is 9.05. The van der Waals surface area contributed by atoms with Crippen molar-refractivity contribution in [3.63, 3.8) is 0 Å². The molecule has 0 aliphatic carbocycles. The molecule has 0 aromatic carbocycles. The summed E-state index contributed by atoms with van der Waals surface area (Å²) in [4.78, 5) is 0. The van der Waals surface area contributed by atoms with Crippen LogP contribution in [-0.2, 0) is 0 Å². The molecule has 0 amide bonds. The third-order valence-corrected chi connectivity index (χ3v) is 5.82. The Kier molecular flexibility index (Phi) is 189. The van der Waals surface area contributed by atoms with Crippen LogP contribution in [0, 0.1) is 10.8 Å². The second-order valence-electron chi connectivity index (χ2n) is 5.70. The van der Waals surface area contributed by atoms with Gasteiger partial charge < -0.3 is 10.2 Å². The molecule has 2 nitrogen and oxygen atoms in total. The first-order valence-corrected chi connectivity index (χ1v) is 14.9. The number of halogens is 2. The highest BCUT2D eigenvalue weighted by Crippen LogP contribution is 2.27. The monoisotopic (exact) mass is 632 g/mol. The van der Waals surface area contributed by atoms with Crippen LogP contribution in [0.15, 0.2) is 0 Å². The molecule has 34 heavy (non-hydrogen) atoms. The van der Waals surface area contributed by atoms with Crippen LogP contribution in [0.4, 0.5) is 0 Å². The highest BCUT2D eigenvalue weighted by atomic mass is 79.9. The Morgan fingerprint density at radius 2 is 0.647 bits per heavy atom. The van der Waals surface area contributed by atoms with E-state index in [9.17, 15) is 0 Å². The highest BCUT2D eigenvalue weighted by Gasteiger charge is 2.20. The lowest BCUT2D eigenvalue weighted by Crippen LogP contribution is -2.24. The van der Waals surface area contributed by atoms with Crippen molar-refractivity contribution < 1.29 is 10.2 Å². The third-order valence-electron chi connectivity index (χ3n) is 3.12. The van der Waals surface area contributed by atoms with E-state index >= 15 is 0 Å². The molecular weight excluding hydrogens is 552 g/mol. The summed E-state index contributed by atoms with van der Waals surface area (Å²) in [5.41, 5.74) is 0.212. The Labute approximate surface area is 242 Å². The van der Waals surface area contributed by atoms with Crippen molar-refractivity contribution in [1.82, 2.24) is 0 Å². The lowest BCUT2D eigenvalue weighted by atomic mass is 9.82. The summed E-state index contributed by atoms with van der Waals surface area (Å²) in [5, 5.41) is 19.4. The van der Waals surface area contributed by atoms with Gasteiger partial charge in [0.1, 0.15) is 0 Å². The van der Waals surface area contributed by atoms with Crippen molar-refractivity contribution in [3.05, 3.63) is 0 Å². The van der Waals surface area contributed by atoms with Crippen molar-refractivity contribution in [3.8, 4) is 0 Å². The molecule has 4 heteroatoms. The summed E-state index contributed by atoms with van der Waals surface area (Å²) in [6, 6.07) is 0. The van der Waals surface area contributed by atoms with Crippen molar-refractivity contribution >= 4 is 31.9 Å². The zero-order chi connectivity index (χ0) is 26.7. The number of hydrogen-bond donors (Lipinski definition) is 2. The molecule has 0 fully saturated rings. The first kappa shape index (κ1) is 76.5. The summed E-state index contributed by atoms with van der Waals surface area (Å²) in [6.45, 7) is 33.1. The van der Waals surface area contributed by atoms with Gasteiger partial charge in [0.15, 0.2) is 0 Å².